The van der Waals surface area contributed by atoms with Gasteiger partial charge in [-0.3, -0.25) is 9.98 Å². The molecule has 1 N–H and O–H groups in total. The van der Waals surface area contributed by atoms with Crippen molar-refractivity contribution in [1.82, 2.24) is 25.3 Å². The monoisotopic (exact) mass is 486 g/mol. The molecule has 1 aliphatic rings. The van der Waals surface area contributed by atoms with E-state index in [1.54, 1.807) is 6.20 Å². The maximum atomic E-state index is 5.70. The Labute approximate surface area is 176 Å². The van der Waals surface area contributed by atoms with Crippen molar-refractivity contribution in [2.45, 2.75) is 32.3 Å². The summed E-state index contributed by atoms with van der Waals surface area (Å²) in [4.78, 5) is 15.3. The first-order valence-electron chi connectivity index (χ1n) is 9.11. The zero-order valence-corrected chi connectivity index (χ0v) is 18.1. The summed E-state index contributed by atoms with van der Waals surface area (Å²) in [6.45, 7) is 5.43. The Bertz CT molecular complexity index is 701. The predicted molar refractivity (Wildman–Crippen MR) is 114 cm³/mol. The average molecular weight is 486 g/mol. The number of guanidine groups is 1. The Balaban J connectivity index is 0.00000261. The van der Waals surface area contributed by atoms with Crippen molar-refractivity contribution in [2.75, 3.05) is 33.3 Å². The van der Waals surface area contributed by atoms with E-state index in [0.29, 0.717) is 36.5 Å². The molecular weight excluding hydrogens is 459 g/mol. The van der Waals surface area contributed by atoms with E-state index in [1.807, 2.05) is 32.2 Å². The third kappa shape index (κ3) is 6.13. The van der Waals surface area contributed by atoms with Crippen LogP contribution in [0.3, 0.4) is 0 Å². The van der Waals surface area contributed by atoms with Crippen molar-refractivity contribution in [3.8, 4) is 11.6 Å². The molecule has 0 saturated carbocycles. The quantitative estimate of drug-likeness (QED) is 0.381. The number of aliphatic imine (C=N–C) groups is 1. The molecule has 0 radical (unpaired) electrons. The number of hydrogen-bond donors (Lipinski definition) is 1. The van der Waals surface area contributed by atoms with Crippen LogP contribution in [0.15, 0.2) is 33.9 Å². The highest BCUT2D eigenvalue weighted by molar-refractivity contribution is 14.0. The summed E-state index contributed by atoms with van der Waals surface area (Å²) in [5.41, 5.74) is 0.687. The lowest BCUT2D eigenvalue weighted by Gasteiger charge is -2.34. The minimum Gasteiger partial charge on any atom is -0.378 e. The molecule has 27 heavy (non-hydrogen) atoms. The summed E-state index contributed by atoms with van der Waals surface area (Å²) in [6.07, 6.45) is 4.81. The number of nitrogens with one attached hydrogen (secondary N) is 1. The number of nitrogens with zero attached hydrogens (tertiary/aromatic N) is 5. The van der Waals surface area contributed by atoms with Crippen molar-refractivity contribution < 1.29 is 9.26 Å². The molecular formula is C18H27IN6O2. The largest absolute Gasteiger partial charge is 0.378 e. The van der Waals surface area contributed by atoms with Crippen molar-refractivity contribution in [3.05, 3.63) is 30.2 Å². The van der Waals surface area contributed by atoms with Gasteiger partial charge in [0.05, 0.1) is 6.10 Å². The van der Waals surface area contributed by atoms with Crippen LogP contribution in [0.2, 0.25) is 0 Å². The maximum Gasteiger partial charge on any atom is 0.276 e. The van der Waals surface area contributed by atoms with E-state index in [1.165, 1.54) is 0 Å². The fourth-order valence-corrected chi connectivity index (χ4v) is 3.04. The molecule has 0 bridgehead atoms. The van der Waals surface area contributed by atoms with E-state index in [4.69, 9.17) is 9.26 Å². The van der Waals surface area contributed by atoms with Crippen LogP contribution in [-0.4, -0.2) is 65.4 Å². The topological polar surface area (TPSA) is 88.7 Å². The highest BCUT2D eigenvalue weighted by atomic mass is 127. The number of aromatic nitrogens is 3. The fraction of sp³-hybridized carbons (Fsp3) is 0.556. The van der Waals surface area contributed by atoms with E-state index >= 15 is 0 Å². The SMILES string of the molecule is CCOC1CCN(C(=NC)NCCc2noc(-c3ccccn3)n2)CC1.I. The first kappa shape index (κ1) is 21.5. The molecule has 0 spiro atoms. The van der Waals surface area contributed by atoms with Crippen LogP contribution in [0.5, 0.6) is 0 Å². The number of likely N-dealkylation sites (tertiary alicyclic amines) is 1. The highest BCUT2D eigenvalue weighted by Gasteiger charge is 2.21. The summed E-state index contributed by atoms with van der Waals surface area (Å²) >= 11 is 0. The van der Waals surface area contributed by atoms with Crippen LogP contribution >= 0.6 is 24.0 Å². The fourth-order valence-electron chi connectivity index (χ4n) is 3.04. The molecule has 0 aromatic carbocycles. The maximum absolute atomic E-state index is 5.70. The smallest absolute Gasteiger partial charge is 0.276 e. The van der Waals surface area contributed by atoms with Crippen LogP contribution in [0.25, 0.3) is 11.6 Å². The van der Waals surface area contributed by atoms with Gasteiger partial charge in [0, 0.05) is 45.9 Å². The minimum absolute atomic E-state index is 0. The molecule has 8 nitrogen and oxygen atoms in total. The molecule has 1 aliphatic heterocycles. The van der Waals surface area contributed by atoms with Gasteiger partial charge in [-0.05, 0) is 31.9 Å². The Morgan fingerprint density at radius 1 is 1.37 bits per heavy atom. The van der Waals surface area contributed by atoms with E-state index in [-0.39, 0.29) is 24.0 Å². The Morgan fingerprint density at radius 2 is 2.19 bits per heavy atom. The molecule has 9 heteroatoms. The second-order valence-corrected chi connectivity index (χ2v) is 6.10. The van der Waals surface area contributed by atoms with Gasteiger partial charge in [-0.15, -0.1) is 24.0 Å². The van der Waals surface area contributed by atoms with Crippen molar-refractivity contribution >= 4 is 29.9 Å². The number of piperidine rings is 1. The number of rotatable bonds is 6. The van der Waals surface area contributed by atoms with Gasteiger partial charge in [0.15, 0.2) is 11.8 Å². The average Bonchev–Trinajstić information content (AvgIpc) is 3.16. The number of ether oxygens (including phenoxy) is 1. The van der Waals surface area contributed by atoms with Crippen LogP contribution < -0.4 is 5.32 Å². The molecule has 0 aliphatic carbocycles. The molecule has 1 saturated heterocycles. The zero-order chi connectivity index (χ0) is 18.2. The van der Waals surface area contributed by atoms with Gasteiger partial charge in [0.2, 0.25) is 0 Å². The lowest BCUT2D eigenvalue weighted by molar-refractivity contribution is 0.0264. The number of halogens is 1. The van der Waals surface area contributed by atoms with E-state index in [0.717, 1.165) is 38.5 Å². The van der Waals surface area contributed by atoms with Gasteiger partial charge in [0.1, 0.15) is 5.69 Å². The molecule has 0 amide bonds. The minimum atomic E-state index is 0. The first-order valence-corrected chi connectivity index (χ1v) is 9.11. The molecule has 0 atom stereocenters. The Kier molecular flexibility index (Phi) is 8.92. The summed E-state index contributed by atoms with van der Waals surface area (Å²) < 4.78 is 11.0. The summed E-state index contributed by atoms with van der Waals surface area (Å²) in [5.74, 6) is 2.01. The lowest BCUT2D eigenvalue weighted by atomic mass is 10.1. The van der Waals surface area contributed by atoms with E-state index in [9.17, 15) is 0 Å². The summed E-state index contributed by atoms with van der Waals surface area (Å²) in [7, 11) is 1.81. The predicted octanol–water partition coefficient (Wildman–Crippen LogP) is 2.37. The second kappa shape index (κ2) is 11.2. The first-order chi connectivity index (χ1) is 12.8. The third-order valence-corrected chi connectivity index (χ3v) is 4.34. The van der Waals surface area contributed by atoms with Gasteiger partial charge < -0.3 is 19.5 Å². The molecule has 2 aromatic rings. The van der Waals surface area contributed by atoms with Crippen LogP contribution in [0.4, 0.5) is 0 Å². The van der Waals surface area contributed by atoms with Gasteiger partial charge in [-0.2, -0.15) is 4.98 Å². The Morgan fingerprint density at radius 3 is 2.85 bits per heavy atom. The lowest BCUT2D eigenvalue weighted by Crippen LogP contribution is -2.47. The van der Waals surface area contributed by atoms with Gasteiger partial charge >= 0.3 is 0 Å². The van der Waals surface area contributed by atoms with Gasteiger partial charge in [0.25, 0.3) is 5.89 Å². The molecule has 2 aromatic heterocycles. The standard InChI is InChI=1S/C18H26N6O2.HI/c1-3-25-14-8-12-24(13-9-14)18(19-2)21-11-7-16-22-17(26-23-16)15-6-4-5-10-20-15;/h4-6,10,14H,3,7-9,11-13H2,1-2H3,(H,19,21);1H. The second-order valence-electron chi connectivity index (χ2n) is 6.10. The summed E-state index contributed by atoms with van der Waals surface area (Å²) in [5, 5.41) is 7.40. The van der Waals surface area contributed by atoms with Gasteiger partial charge in [-0.25, -0.2) is 0 Å². The zero-order valence-electron chi connectivity index (χ0n) is 15.8. The number of pyridine rings is 1. The van der Waals surface area contributed by atoms with Crippen molar-refractivity contribution in [1.29, 1.82) is 0 Å². The van der Waals surface area contributed by atoms with Crippen LogP contribution in [0, 0.1) is 0 Å². The number of hydrogen-bond acceptors (Lipinski definition) is 6. The van der Waals surface area contributed by atoms with E-state index < -0.39 is 0 Å². The highest BCUT2D eigenvalue weighted by Crippen LogP contribution is 2.14. The Hall–Kier alpha value is -1.75. The van der Waals surface area contributed by atoms with Crippen LogP contribution in [0.1, 0.15) is 25.6 Å². The molecule has 0 unspecified atom stereocenters. The van der Waals surface area contributed by atoms with Crippen molar-refractivity contribution in [3.63, 3.8) is 0 Å². The molecule has 3 rings (SSSR count). The summed E-state index contributed by atoms with van der Waals surface area (Å²) in [6, 6.07) is 5.60. The van der Waals surface area contributed by atoms with Crippen molar-refractivity contribution in [2.24, 2.45) is 4.99 Å². The third-order valence-electron chi connectivity index (χ3n) is 4.34. The molecule has 3 heterocycles. The molecule has 1 fully saturated rings. The van der Waals surface area contributed by atoms with Gasteiger partial charge in [-0.1, -0.05) is 11.2 Å². The molecule has 148 valence electrons. The van der Waals surface area contributed by atoms with E-state index in [2.05, 4.69) is 30.3 Å². The van der Waals surface area contributed by atoms with Crippen LogP contribution in [-0.2, 0) is 11.2 Å². The normalized spacial score (nSPS) is 15.5.